The standard InChI is InChI=1S/C10H13N3O2/c1-10(2,8-12-14)13(15)7-9-3-5-11-6-4-9/h3-8,14H,1-2H3/b12-8-,13-7-. The first kappa shape index (κ1) is 11.2. The molecule has 0 aliphatic carbocycles. The maximum atomic E-state index is 11.7. The van der Waals surface area contributed by atoms with Crippen molar-refractivity contribution in [2.75, 3.05) is 0 Å². The van der Waals surface area contributed by atoms with E-state index in [1.165, 1.54) is 12.4 Å². The van der Waals surface area contributed by atoms with Crippen LogP contribution in [0.1, 0.15) is 19.4 Å². The summed E-state index contributed by atoms with van der Waals surface area (Å²) >= 11 is 0. The Morgan fingerprint density at radius 3 is 2.60 bits per heavy atom. The summed E-state index contributed by atoms with van der Waals surface area (Å²) < 4.78 is 0.724. The highest BCUT2D eigenvalue weighted by Crippen LogP contribution is 2.05. The molecule has 80 valence electrons. The summed E-state index contributed by atoms with van der Waals surface area (Å²) in [5.74, 6) is 0. The molecule has 0 aliphatic rings. The second kappa shape index (κ2) is 4.54. The van der Waals surface area contributed by atoms with Gasteiger partial charge in [0.15, 0.2) is 6.21 Å². The number of oxime groups is 1. The van der Waals surface area contributed by atoms with Crippen molar-refractivity contribution in [2.24, 2.45) is 5.16 Å². The second-order valence-electron chi connectivity index (χ2n) is 3.63. The van der Waals surface area contributed by atoms with E-state index in [4.69, 9.17) is 5.21 Å². The molecule has 1 aromatic rings. The molecule has 1 heterocycles. The van der Waals surface area contributed by atoms with E-state index in [1.54, 1.807) is 38.4 Å². The van der Waals surface area contributed by atoms with Crippen molar-refractivity contribution in [1.82, 2.24) is 4.98 Å². The molecule has 5 nitrogen and oxygen atoms in total. The topological polar surface area (TPSA) is 71.5 Å². The van der Waals surface area contributed by atoms with Gasteiger partial charge in [0.2, 0.25) is 5.54 Å². The fraction of sp³-hybridized carbons (Fsp3) is 0.300. The molecule has 1 rings (SSSR count). The lowest BCUT2D eigenvalue weighted by molar-refractivity contribution is -0.511. The Morgan fingerprint density at radius 1 is 1.47 bits per heavy atom. The Hall–Kier alpha value is -1.91. The molecule has 1 aromatic heterocycles. The number of pyridine rings is 1. The van der Waals surface area contributed by atoms with Gasteiger partial charge in [-0.3, -0.25) is 4.98 Å². The SMILES string of the molecule is CC(C)(/C=N\O)/[N+]([O-])=C/c1ccncc1. The second-order valence-corrected chi connectivity index (χ2v) is 3.63. The van der Waals surface area contributed by atoms with E-state index in [1.807, 2.05) is 0 Å². The Bertz CT molecular complexity index is 372. The largest absolute Gasteiger partial charge is 0.623 e. The van der Waals surface area contributed by atoms with Gasteiger partial charge in [-0.2, -0.15) is 0 Å². The van der Waals surface area contributed by atoms with Crippen molar-refractivity contribution in [3.8, 4) is 0 Å². The normalized spacial score (nSPS) is 13.3. The van der Waals surface area contributed by atoms with Crippen LogP contribution >= 0.6 is 0 Å². The average molecular weight is 207 g/mol. The van der Waals surface area contributed by atoms with Crippen LogP contribution in [-0.2, 0) is 0 Å². The van der Waals surface area contributed by atoms with E-state index < -0.39 is 5.54 Å². The zero-order valence-corrected chi connectivity index (χ0v) is 8.66. The number of hydrogen-bond acceptors (Lipinski definition) is 4. The van der Waals surface area contributed by atoms with Crippen molar-refractivity contribution in [3.05, 3.63) is 35.3 Å². The Morgan fingerprint density at radius 2 is 2.07 bits per heavy atom. The minimum Gasteiger partial charge on any atom is -0.623 e. The summed E-state index contributed by atoms with van der Waals surface area (Å²) in [6, 6.07) is 3.44. The third kappa shape index (κ3) is 3.05. The van der Waals surface area contributed by atoms with E-state index in [0.29, 0.717) is 0 Å². The van der Waals surface area contributed by atoms with E-state index in [2.05, 4.69) is 10.1 Å². The van der Waals surface area contributed by atoms with Gasteiger partial charge in [0.05, 0.1) is 0 Å². The third-order valence-electron chi connectivity index (χ3n) is 1.91. The Kier molecular flexibility index (Phi) is 3.38. The predicted molar refractivity (Wildman–Crippen MR) is 57.4 cm³/mol. The van der Waals surface area contributed by atoms with Crippen LogP contribution < -0.4 is 0 Å². The Labute approximate surface area is 88.0 Å². The van der Waals surface area contributed by atoms with Crippen LogP contribution in [0.2, 0.25) is 0 Å². The molecule has 0 saturated carbocycles. The van der Waals surface area contributed by atoms with Gasteiger partial charge in [0, 0.05) is 31.8 Å². The molecule has 0 saturated heterocycles. The molecule has 0 spiro atoms. The fourth-order valence-corrected chi connectivity index (χ4v) is 0.949. The first-order valence-corrected chi connectivity index (χ1v) is 4.46. The first-order valence-electron chi connectivity index (χ1n) is 4.46. The van der Waals surface area contributed by atoms with Crippen LogP contribution in [0.4, 0.5) is 0 Å². The van der Waals surface area contributed by atoms with Crippen molar-refractivity contribution in [1.29, 1.82) is 0 Å². The van der Waals surface area contributed by atoms with Crippen LogP contribution in [0.15, 0.2) is 29.7 Å². The van der Waals surface area contributed by atoms with Gasteiger partial charge in [-0.05, 0) is 12.1 Å². The monoisotopic (exact) mass is 207 g/mol. The lowest BCUT2D eigenvalue weighted by Gasteiger charge is -2.18. The summed E-state index contributed by atoms with van der Waals surface area (Å²) in [6.07, 6.45) is 5.81. The van der Waals surface area contributed by atoms with E-state index >= 15 is 0 Å². The van der Waals surface area contributed by atoms with Gasteiger partial charge in [-0.15, -0.1) is 0 Å². The van der Waals surface area contributed by atoms with Gasteiger partial charge >= 0.3 is 0 Å². The highest BCUT2D eigenvalue weighted by Gasteiger charge is 2.23. The summed E-state index contributed by atoms with van der Waals surface area (Å²) in [4.78, 5) is 3.84. The zero-order chi connectivity index (χ0) is 11.3. The van der Waals surface area contributed by atoms with Gasteiger partial charge in [-0.25, -0.2) is 4.74 Å². The summed E-state index contributed by atoms with van der Waals surface area (Å²) in [7, 11) is 0. The lowest BCUT2D eigenvalue weighted by atomic mass is 10.1. The molecule has 0 amide bonds. The summed E-state index contributed by atoms with van der Waals surface area (Å²) in [6.45, 7) is 3.30. The number of hydrogen-bond donors (Lipinski definition) is 1. The van der Waals surface area contributed by atoms with E-state index in [0.717, 1.165) is 10.3 Å². The smallest absolute Gasteiger partial charge is 0.205 e. The van der Waals surface area contributed by atoms with Crippen LogP contribution in [-0.4, -0.2) is 32.9 Å². The highest BCUT2D eigenvalue weighted by atomic mass is 16.5. The maximum Gasteiger partial charge on any atom is 0.205 e. The molecule has 0 radical (unpaired) electrons. The Balaban J connectivity index is 2.94. The summed E-state index contributed by atoms with van der Waals surface area (Å²) in [5.41, 5.74) is -0.128. The first-order chi connectivity index (χ1) is 7.06. The average Bonchev–Trinajstić information content (AvgIpc) is 2.19. The van der Waals surface area contributed by atoms with Crippen LogP contribution in [0, 0.1) is 5.21 Å². The maximum absolute atomic E-state index is 11.7. The molecule has 15 heavy (non-hydrogen) atoms. The lowest BCUT2D eigenvalue weighted by Crippen LogP contribution is -2.35. The van der Waals surface area contributed by atoms with Crippen LogP contribution in [0.25, 0.3) is 0 Å². The number of nitrogens with zero attached hydrogens (tertiary/aromatic N) is 3. The molecule has 1 N–H and O–H groups in total. The van der Waals surface area contributed by atoms with Crippen LogP contribution in [0.5, 0.6) is 0 Å². The molecule has 0 aliphatic heterocycles. The summed E-state index contributed by atoms with van der Waals surface area (Å²) in [5, 5.41) is 22.9. The van der Waals surface area contributed by atoms with E-state index in [9.17, 15) is 5.21 Å². The van der Waals surface area contributed by atoms with Crippen molar-refractivity contribution in [3.63, 3.8) is 0 Å². The fourth-order valence-electron chi connectivity index (χ4n) is 0.949. The third-order valence-corrected chi connectivity index (χ3v) is 1.91. The molecule has 5 heteroatoms. The molecule has 0 unspecified atom stereocenters. The molecular formula is C10H13N3O2. The van der Waals surface area contributed by atoms with Gasteiger partial charge in [-0.1, -0.05) is 5.16 Å². The van der Waals surface area contributed by atoms with Gasteiger partial charge in [0.1, 0.15) is 6.21 Å². The van der Waals surface area contributed by atoms with Crippen LogP contribution in [0.3, 0.4) is 0 Å². The molecule has 0 atom stereocenters. The molecule has 0 bridgehead atoms. The number of hydroxylamine groups is 1. The predicted octanol–water partition coefficient (Wildman–Crippen LogP) is 1.25. The van der Waals surface area contributed by atoms with Crippen molar-refractivity contribution >= 4 is 12.4 Å². The minimum absolute atomic E-state index is 0.724. The van der Waals surface area contributed by atoms with Gasteiger partial charge in [0.25, 0.3) is 0 Å². The number of aromatic nitrogens is 1. The van der Waals surface area contributed by atoms with Crippen molar-refractivity contribution < 1.29 is 9.95 Å². The highest BCUT2D eigenvalue weighted by molar-refractivity contribution is 5.77. The molecule has 0 aromatic carbocycles. The molecular weight excluding hydrogens is 194 g/mol. The van der Waals surface area contributed by atoms with E-state index in [-0.39, 0.29) is 0 Å². The zero-order valence-electron chi connectivity index (χ0n) is 8.66. The van der Waals surface area contributed by atoms with Crippen molar-refractivity contribution in [2.45, 2.75) is 19.4 Å². The molecule has 0 fully saturated rings. The number of rotatable bonds is 3. The van der Waals surface area contributed by atoms with Gasteiger partial charge < -0.3 is 10.4 Å². The quantitative estimate of drug-likeness (QED) is 0.266. The minimum atomic E-state index is -0.877.